The molecule has 1 aromatic carbocycles. The Kier molecular flexibility index (Phi) is 14.0. The predicted molar refractivity (Wildman–Crippen MR) is 210 cm³/mol. The Labute approximate surface area is 318 Å². The maximum absolute atomic E-state index is 9.87. The molecule has 1 fully saturated rings. The number of nitrogens with zero attached hydrogens (tertiary/aromatic N) is 3. The van der Waals surface area contributed by atoms with Crippen LogP contribution in [0.15, 0.2) is 90.4 Å². The van der Waals surface area contributed by atoms with Gasteiger partial charge in [0.05, 0.1) is 29.2 Å². The molecular formula is C43H55N3O6S. The average molecular weight is 742 g/mol. The molecule has 6 atom stereocenters. The van der Waals surface area contributed by atoms with Crippen molar-refractivity contribution in [1.29, 1.82) is 0 Å². The van der Waals surface area contributed by atoms with Crippen molar-refractivity contribution in [2.75, 3.05) is 32.2 Å². The van der Waals surface area contributed by atoms with Crippen molar-refractivity contribution < 1.29 is 29.3 Å². The molecule has 6 rings (SSSR count). The summed E-state index contributed by atoms with van der Waals surface area (Å²) in [6, 6.07) is 16.3. The number of fused-ring (bicyclic) bond motifs is 2. The van der Waals surface area contributed by atoms with Gasteiger partial charge in [0.2, 0.25) is 5.79 Å². The second-order valence-electron chi connectivity index (χ2n) is 14.2. The molecule has 53 heavy (non-hydrogen) atoms. The number of ether oxygens (including phenoxy) is 3. The summed E-state index contributed by atoms with van der Waals surface area (Å²) in [5, 5.41) is 24.3. The van der Waals surface area contributed by atoms with Gasteiger partial charge in [0, 0.05) is 49.2 Å². The molecule has 1 saturated carbocycles. The van der Waals surface area contributed by atoms with Crippen molar-refractivity contribution >= 4 is 17.5 Å². The fourth-order valence-corrected chi connectivity index (χ4v) is 9.82. The van der Waals surface area contributed by atoms with Gasteiger partial charge in [-0.05, 0) is 117 Å². The van der Waals surface area contributed by atoms with E-state index < -0.39 is 5.79 Å². The van der Waals surface area contributed by atoms with Crippen LogP contribution in [0.4, 0.5) is 0 Å². The van der Waals surface area contributed by atoms with Crippen molar-refractivity contribution in [1.82, 2.24) is 9.97 Å². The summed E-state index contributed by atoms with van der Waals surface area (Å²) in [6.45, 7) is 9.50. The van der Waals surface area contributed by atoms with Crippen molar-refractivity contribution in [3.8, 4) is 11.5 Å². The van der Waals surface area contributed by atoms with E-state index in [1.165, 1.54) is 5.56 Å². The summed E-state index contributed by atoms with van der Waals surface area (Å²) < 4.78 is 20.7. The molecule has 6 unspecified atom stereocenters. The van der Waals surface area contributed by atoms with E-state index in [2.05, 4.69) is 46.9 Å². The highest BCUT2D eigenvalue weighted by atomic mass is 32.2. The number of hydrogen-bond acceptors (Lipinski definition) is 10. The Morgan fingerprint density at radius 1 is 1.06 bits per heavy atom. The topological polar surface area (TPSA) is 116 Å². The quantitative estimate of drug-likeness (QED) is 0.0676. The van der Waals surface area contributed by atoms with E-state index in [4.69, 9.17) is 24.2 Å². The largest absolute Gasteiger partial charge is 0.487 e. The molecular weight excluding hydrogens is 687 g/mol. The number of allylic oxidation sites excluding steroid dienone is 1. The second-order valence-corrected chi connectivity index (χ2v) is 15.5. The van der Waals surface area contributed by atoms with E-state index in [9.17, 15) is 10.2 Å². The Balaban J connectivity index is 1.47. The molecule has 3 aliphatic rings. The van der Waals surface area contributed by atoms with Crippen LogP contribution in [-0.4, -0.2) is 69.1 Å². The Hall–Kier alpha value is -3.70. The summed E-state index contributed by atoms with van der Waals surface area (Å²) in [5.74, 6) is 1.73. The zero-order chi connectivity index (χ0) is 37.0. The first-order chi connectivity index (χ1) is 26.0. The van der Waals surface area contributed by atoms with E-state index >= 15 is 0 Å². The van der Waals surface area contributed by atoms with Crippen molar-refractivity contribution in [3.05, 3.63) is 108 Å². The van der Waals surface area contributed by atoms with E-state index in [1.807, 2.05) is 68.3 Å². The van der Waals surface area contributed by atoms with Gasteiger partial charge in [-0.1, -0.05) is 36.2 Å². The van der Waals surface area contributed by atoms with Crippen LogP contribution >= 0.6 is 11.8 Å². The molecule has 3 aromatic rings. The van der Waals surface area contributed by atoms with Crippen LogP contribution in [0, 0.1) is 24.7 Å². The summed E-state index contributed by atoms with van der Waals surface area (Å²) in [5.41, 5.74) is 6.25. The molecule has 0 spiro atoms. The van der Waals surface area contributed by atoms with Crippen LogP contribution in [0.2, 0.25) is 0 Å². The number of benzene rings is 1. The fraction of sp³-hybridized carbons (Fsp3) is 0.512. The van der Waals surface area contributed by atoms with Gasteiger partial charge in [-0.15, -0.1) is 6.58 Å². The monoisotopic (exact) mass is 741 g/mol. The van der Waals surface area contributed by atoms with E-state index in [-0.39, 0.29) is 42.1 Å². The number of rotatable bonds is 20. The van der Waals surface area contributed by atoms with Crippen LogP contribution in [0.3, 0.4) is 0 Å². The number of unbranched alkanes of at least 4 members (excludes halogenated alkanes) is 2. The lowest BCUT2D eigenvalue weighted by Gasteiger charge is -2.58. The molecule has 0 amide bonds. The van der Waals surface area contributed by atoms with Crippen LogP contribution in [0.5, 0.6) is 11.5 Å². The highest BCUT2D eigenvalue weighted by Gasteiger charge is 2.63. The van der Waals surface area contributed by atoms with Gasteiger partial charge in [-0.25, -0.2) is 0 Å². The number of aliphatic hydroxyl groups excluding tert-OH is 2. The van der Waals surface area contributed by atoms with Crippen molar-refractivity contribution in [3.63, 3.8) is 0 Å². The summed E-state index contributed by atoms with van der Waals surface area (Å²) in [4.78, 5) is 14.7. The minimum atomic E-state index is -0.995. The molecule has 10 heteroatoms. The number of thioether (sulfide) groups is 1. The second kappa shape index (κ2) is 19.1. The van der Waals surface area contributed by atoms with Gasteiger partial charge < -0.3 is 29.3 Å². The van der Waals surface area contributed by atoms with E-state index in [0.717, 1.165) is 90.4 Å². The summed E-state index contributed by atoms with van der Waals surface area (Å²) in [7, 11) is 0. The average Bonchev–Trinajstić information content (AvgIpc) is 3.18. The number of oxime groups is 1. The smallest absolute Gasteiger partial charge is 0.230 e. The molecule has 1 aliphatic heterocycles. The maximum Gasteiger partial charge on any atom is 0.230 e. The lowest BCUT2D eigenvalue weighted by molar-refractivity contribution is -0.223. The molecule has 0 saturated heterocycles. The third kappa shape index (κ3) is 9.16. The number of aryl methyl sites for hydroxylation is 2. The van der Waals surface area contributed by atoms with Crippen LogP contribution in [-0.2, 0) is 22.6 Å². The molecule has 2 aliphatic carbocycles. The molecule has 2 N–H and O–H groups in total. The highest BCUT2D eigenvalue weighted by molar-refractivity contribution is 8.00. The van der Waals surface area contributed by atoms with Gasteiger partial charge in [-0.3, -0.25) is 9.97 Å². The zero-order valence-electron chi connectivity index (χ0n) is 31.2. The molecule has 284 valence electrons. The third-order valence-corrected chi connectivity index (χ3v) is 12.1. The maximum atomic E-state index is 9.87. The molecule has 2 aromatic heterocycles. The van der Waals surface area contributed by atoms with Gasteiger partial charge in [0.25, 0.3) is 0 Å². The van der Waals surface area contributed by atoms with Crippen molar-refractivity contribution in [2.45, 2.75) is 88.8 Å². The first kappa shape index (κ1) is 39.0. The van der Waals surface area contributed by atoms with Gasteiger partial charge in [0.1, 0.15) is 24.7 Å². The molecule has 0 radical (unpaired) electrons. The van der Waals surface area contributed by atoms with Gasteiger partial charge in [-0.2, -0.15) is 11.8 Å². The van der Waals surface area contributed by atoms with Crippen LogP contribution in [0.1, 0.15) is 80.3 Å². The molecule has 9 nitrogen and oxygen atoms in total. The number of aliphatic hydroxyl groups is 2. The van der Waals surface area contributed by atoms with Crippen LogP contribution < -0.4 is 9.47 Å². The fourth-order valence-electron chi connectivity index (χ4n) is 8.41. The minimum Gasteiger partial charge on any atom is -0.487 e. The first-order valence-corrected chi connectivity index (χ1v) is 20.3. The summed E-state index contributed by atoms with van der Waals surface area (Å²) >= 11 is 1.87. The van der Waals surface area contributed by atoms with Gasteiger partial charge in [0.15, 0.2) is 0 Å². The predicted octanol–water partition coefficient (Wildman–Crippen LogP) is 7.99. The number of pyridine rings is 2. The van der Waals surface area contributed by atoms with E-state index in [1.54, 1.807) is 0 Å². The normalized spacial score (nSPS) is 25.2. The Bertz CT molecular complexity index is 1700. The Morgan fingerprint density at radius 2 is 1.87 bits per heavy atom. The molecule has 3 heterocycles. The minimum absolute atomic E-state index is 0.0115. The SMILES string of the molecule is C=CCOC12Oc3ccc(OCc4cccc(C)n4)cc3C3C(CCCCO)C(CCCCO)C=C(C(=NOCC)CC1SCCc1ccncc1)C32. The first-order valence-electron chi connectivity index (χ1n) is 19.3. The van der Waals surface area contributed by atoms with E-state index in [0.29, 0.717) is 26.2 Å². The zero-order valence-corrected chi connectivity index (χ0v) is 32.0. The third-order valence-electron chi connectivity index (χ3n) is 10.7. The number of aromatic nitrogens is 2. The number of hydrogen-bond donors (Lipinski definition) is 2. The van der Waals surface area contributed by atoms with Gasteiger partial charge >= 0.3 is 0 Å². The molecule has 0 bridgehead atoms. The van der Waals surface area contributed by atoms with Crippen molar-refractivity contribution in [2.24, 2.45) is 22.9 Å². The lowest BCUT2D eigenvalue weighted by Crippen LogP contribution is -2.64. The highest BCUT2D eigenvalue weighted by Crippen LogP contribution is 2.62. The van der Waals surface area contributed by atoms with Crippen LogP contribution in [0.25, 0.3) is 0 Å². The Morgan fingerprint density at radius 3 is 2.62 bits per heavy atom. The summed E-state index contributed by atoms with van der Waals surface area (Å²) in [6.07, 6.45) is 14.6. The standard InChI is InChI=1S/C43H55N3O6S/c1-4-24-50-43-40(53-25-19-31-17-20-44-21-18-31)28-38(46-51-5-2)36-26-32(12-6-8-22-47)35(14-7-9-23-48)41(42(36)43)37-27-34(15-16-39(37)52-43)49-29-33-13-10-11-30(3)45-33/h4,10-11,13,15-18,20-21,26-27,32,35,40-42,47-48H,1,5-9,12,14,19,22-25,28-29H2,2-3H3. The lowest BCUT2D eigenvalue weighted by atomic mass is 9.56.